The van der Waals surface area contributed by atoms with Crippen LogP contribution < -0.4 is 0 Å². The van der Waals surface area contributed by atoms with Gasteiger partial charge in [0.2, 0.25) is 5.82 Å². The van der Waals surface area contributed by atoms with Crippen molar-refractivity contribution in [3.8, 4) is 11.4 Å². The number of hydrogen-bond acceptors (Lipinski definition) is 6. The van der Waals surface area contributed by atoms with Crippen molar-refractivity contribution >= 4 is 0 Å². The van der Waals surface area contributed by atoms with Crippen molar-refractivity contribution in [3.63, 3.8) is 0 Å². The molecule has 2 heterocycles. The predicted octanol–water partition coefficient (Wildman–Crippen LogP) is 1.24. The van der Waals surface area contributed by atoms with E-state index in [2.05, 4.69) is 25.5 Å². The molecule has 1 aromatic carbocycles. The summed E-state index contributed by atoms with van der Waals surface area (Å²) in [6.45, 7) is 3.45. The fourth-order valence-electron chi connectivity index (χ4n) is 2.85. The molecule has 0 radical (unpaired) electrons. The standard InChI is InChI=1S/C15H20FN5O2/c1-22-10-14-2-4-23-5-3-21(14)9-11-6-12(8-13(16)7-11)15-17-19-20-18-15/h6-8,14H,2-5,9-10H2,1H3,(H,17,18,19,20). The Labute approximate surface area is 133 Å². The number of nitrogens with zero attached hydrogens (tertiary/aromatic N) is 4. The normalized spacial score (nSPS) is 19.7. The molecule has 1 aliphatic rings. The topological polar surface area (TPSA) is 76.2 Å². The molecular formula is C15H20FN5O2. The van der Waals surface area contributed by atoms with Gasteiger partial charge < -0.3 is 9.47 Å². The van der Waals surface area contributed by atoms with Crippen LogP contribution in [0.5, 0.6) is 0 Å². The molecule has 0 bridgehead atoms. The molecule has 0 spiro atoms. The number of rotatable bonds is 5. The van der Waals surface area contributed by atoms with Gasteiger partial charge in [0.1, 0.15) is 5.82 Å². The Bertz CT molecular complexity index is 622. The first-order valence-corrected chi connectivity index (χ1v) is 7.60. The van der Waals surface area contributed by atoms with Crippen molar-refractivity contribution in [1.29, 1.82) is 0 Å². The zero-order valence-electron chi connectivity index (χ0n) is 13.0. The highest BCUT2D eigenvalue weighted by Gasteiger charge is 2.22. The van der Waals surface area contributed by atoms with Gasteiger partial charge in [0.15, 0.2) is 0 Å². The Morgan fingerprint density at radius 1 is 1.39 bits per heavy atom. The molecule has 1 atom stereocenters. The number of aromatic nitrogens is 4. The second kappa shape index (κ2) is 7.58. The second-order valence-corrected chi connectivity index (χ2v) is 5.56. The molecule has 1 N–H and O–H groups in total. The van der Waals surface area contributed by atoms with Crippen molar-refractivity contribution in [2.75, 3.05) is 33.5 Å². The Morgan fingerprint density at radius 3 is 3.09 bits per heavy atom. The molecule has 1 fully saturated rings. The molecule has 1 aliphatic heterocycles. The summed E-state index contributed by atoms with van der Waals surface area (Å²) in [6.07, 6.45) is 0.904. The highest BCUT2D eigenvalue weighted by atomic mass is 19.1. The third kappa shape index (κ3) is 4.10. The number of aromatic amines is 1. The van der Waals surface area contributed by atoms with E-state index in [1.54, 1.807) is 13.2 Å². The Balaban J connectivity index is 1.80. The van der Waals surface area contributed by atoms with Crippen LogP contribution in [0.2, 0.25) is 0 Å². The van der Waals surface area contributed by atoms with Gasteiger partial charge in [0.25, 0.3) is 0 Å². The average molecular weight is 321 g/mol. The zero-order chi connectivity index (χ0) is 16.1. The molecule has 8 heteroatoms. The van der Waals surface area contributed by atoms with Gasteiger partial charge in [-0.1, -0.05) is 0 Å². The highest BCUT2D eigenvalue weighted by Crippen LogP contribution is 2.20. The molecule has 7 nitrogen and oxygen atoms in total. The van der Waals surface area contributed by atoms with Crippen LogP contribution in [-0.4, -0.2) is 65.0 Å². The molecule has 124 valence electrons. The van der Waals surface area contributed by atoms with Gasteiger partial charge >= 0.3 is 0 Å². The number of H-pyrrole nitrogens is 1. The van der Waals surface area contributed by atoms with Gasteiger partial charge in [0, 0.05) is 38.4 Å². The van der Waals surface area contributed by atoms with E-state index in [1.165, 1.54) is 6.07 Å². The molecular weight excluding hydrogens is 301 g/mol. The Hall–Kier alpha value is -1.90. The smallest absolute Gasteiger partial charge is 0.204 e. The van der Waals surface area contributed by atoms with E-state index in [4.69, 9.17) is 9.47 Å². The molecule has 3 rings (SSSR count). The zero-order valence-corrected chi connectivity index (χ0v) is 13.0. The first-order chi connectivity index (χ1) is 11.3. The van der Waals surface area contributed by atoms with Crippen molar-refractivity contribution in [2.24, 2.45) is 0 Å². The summed E-state index contributed by atoms with van der Waals surface area (Å²) in [5.74, 6) is 0.0788. The minimum absolute atomic E-state index is 0.263. The summed E-state index contributed by atoms with van der Waals surface area (Å²) in [5, 5.41) is 13.7. The molecule has 1 saturated heterocycles. The summed E-state index contributed by atoms with van der Waals surface area (Å²) >= 11 is 0. The maximum absolute atomic E-state index is 13.9. The van der Waals surface area contributed by atoms with E-state index in [1.807, 2.05) is 6.07 Å². The molecule has 0 saturated carbocycles. The van der Waals surface area contributed by atoms with Crippen LogP contribution >= 0.6 is 0 Å². The summed E-state index contributed by atoms with van der Waals surface area (Å²) in [7, 11) is 1.69. The first kappa shape index (κ1) is 16.0. The molecule has 2 aromatic rings. The lowest BCUT2D eigenvalue weighted by atomic mass is 10.1. The average Bonchev–Trinajstić information content (AvgIpc) is 2.98. The summed E-state index contributed by atoms with van der Waals surface area (Å²) in [5.41, 5.74) is 1.48. The summed E-state index contributed by atoms with van der Waals surface area (Å²) < 4.78 is 24.8. The van der Waals surface area contributed by atoms with Crippen LogP contribution in [0.25, 0.3) is 11.4 Å². The number of hydrogen-bond donors (Lipinski definition) is 1. The Morgan fingerprint density at radius 2 is 2.30 bits per heavy atom. The van der Waals surface area contributed by atoms with E-state index in [0.29, 0.717) is 31.1 Å². The lowest BCUT2D eigenvalue weighted by molar-refractivity contribution is 0.0888. The fourth-order valence-corrected chi connectivity index (χ4v) is 2.85. The number of nitrogens with one attached hydrogen (secondary N) is 1. The predicted molar refractivity (Wildman–Crippen MR) is 81.1 cm³/mol. The minimum atomic E-state index is -0.309. The van der Waals surface area contributed by atoms with Gasteiger partial charge in [0.05, 0.1) is 13.2 Å². The lowest BCUT2D eigenvalue weighted by Crippen LogP contribution is -2.38. The van der Waals surface area contributed by atoms with Gasteiger partial charge in [-0.25, -0.2) is 4.39 Å². The molecule has 0 aliphatic carbocycles. The molecule has 1 unspecified atom stereocenters. The molecule has 1 aromatic heterocycles. The van der Waals surface area contributed by atoms with E-state index in [-0.39, 0.29) is 11.9 Å². The maximum atomic E-state index is 13.9. The number of benzene rings is 1. The lowest BCUT2D eigenvalue weighted by Gasteiger charge is -2.28. The number of methoxy groups -OCH3 is 1. The molecule has 23 heavy (non-hydrogen) atoms. The number of tetrazole rings is 1. The largest absolute Gasteiger partial charge is 0.383 e. The van der Waals surface area contributed by atoms with Crippen molar-refractivity contribution < 1.29 is 13.9 Å². The Kier molecular flexibility index (Phi) is 5.27. The number of halogens is 1. The van der Waals surface area contributed by atoms with E-state index in [0.717, 1.165) is 25.1 Å². The van der Waals surface area contributed by atoms with Crippen molar-refractivity contribution in [2.45, 2.75) is 19.0 Å². The SMILES string of the molecule is COCC1CCOCCN1Cc1cc(F)cc(-c2nn[nH]n2)c1. The highest BCUT2D eigenvalue weighted by molar-refractivity contribution is 5.55. The van der Waals surface area contributed by atoms with Crippen LogP contribution in [0.1, 0.15) is 12.0 Å². The van der Waals surface area contributed by atoms with E-state index in [9.17, 15) is 4.39 Å². The van der Waals surface area contributed by atoms with Gasteiger partial charge in [-0.15, -0.1) is 10.2 Å². The van der Waals surface area contributed by atoms with Crippen LogP contribution in [0, 0.1) is 5.82 Å². The third-order valence-electron chi connectivity index (χ3n) is 3.94. The number of ether oxygens (including phenoxy) is 2. The summed E-state index contributed by atoms with van der Waals surface area (Å²) in [4.78, 5) is 2.27. The second-order valence-electron chi connectivity index (χ2n) is 5.56. The van der Waals surface area contributed by atoms with Crippen LogP contribution in [0.15, 0.2) is 18.2 Å². The van der Waals surface area contributed by atoms with Crippen LogP contribution in [-0.2, 0) is 16.0 Å². The van der Waals surface area contributed by atoms with Crippen LogP contribution in [0.4, 0.5) is 4.39 Å². The van der Waals surface area contributed by atoms with Gasteiger partial charge in [-0.2, -0.15) is 5.21 Å². The van der Waals surface area contributed by atoms with Crippen LogP contribution in [0.3, 0.4) is 0 Å². The third-order valence-corrected chi connectivity index (χ3v) is 3.94. The van der Waals surface area contributed by atoms with E-state index >= 15 is 0 Å². The molecule has 0 amide bonds. The fraction of sp³-hybridized carbons (Fsp3) is 0.533. The minimum Gasteiger partial charge on any atom is -0.383 e. The van der Waals surface area contributed by atoms with Crippen molar-refractivity contribution in [3.05, 3.63) is 29.6 Å². The van der Waals surface area contributed by atoms with E-state index < -0.39 is 0 Å². The van der Waals surface area contributed by atoms with Gasteiger partial charge in [-0.05, 0) is 35.4 Å². The maximum Gasteiger partial charge on any atom is 0.204 e. The quantitative estimate of drug-likeness (QED) is 0.893. The van der Waals surface area contributed by atoms with Gasteiger partial charge in [-0.3, -0.25) is 4.90 Å². The summed E-state index contributed by atoms with van der Waals surface area (Å²) in [6, 6.07) is 5.11. The first-order valence-electron chi connectivity index (χ1n) is 7.60. The monoisotopic (exact) mass is 321 g/mol. The van der Waals surface area contributed by atoms with Crippen molar-refractivity contribution in [1.82, 2.24) is 25.5 Å².